The first-order valence-electron chi connectivity index (χ1n) is 9.17. The van der Waals surface area contributed by atoms with Crippen molar-refractivity contribution in [2.45, 2.75) is 23.8 Å². The molecule has 2 heterocycles. The van der Waals surface area contributed by atoms with Crippen LogP contribution in [-0.4, -0.2) is 65.4 Å². The van der Waals surface area contributed by atoms with Crippen molar-refractivity contribution in [1.82, 2.24) is 14.3 Å². The van der Waals surface area contributed by atoms with Gasteiger partial charge >= 0.3 is 0 Å². The van der Waals surface area contributed by atoms with Gasteiger partial charge in [0.25, 0.3) is 5.91 Å². The molecule has 29 heavy (non-hydrogen) atoms. The fourth-order valence-electron chi connectivity index (χ4n) is 3.23. The van der Waals surface area contributed by atoms with Crippen molar-refractivity contribution in [2.24, 2.45) is 5.92 Å². The number of hydrogen-bond donors (Lipinski definition) is 2. The zero-order valence-corrected chi connectivity index (χ0v) is 17.8. The van der Waals surface area contributed by atoms with E-state index >= 15 is 0 Å². The average Bonchev–Trinajstić information content (AvgIpc) is 3.15. The van der Waals surface area contributed by atoms with Crippen molar-refractivity contribution in [3.63, 3.8) is 0 Å². The van der Waals surface area contributed by atoms with E-state index in [-0.39, 0.29) is 35.3 Å². The Balaban J connectivity index is 1.62. The molecular formula is C18H25N3O6S2. The van der Waals surface area contributed by atoms with Crippen molar-refractivity contribution in [3.05, 3.63) is 41.8 Å². The molecule has 3 rings (SSSR count). The molecule has 0 bridgehead atoms. The average molecular weight is 444 g/mol. The highest BCUT2D eigenvalue weighted by Crippen LogP contribution is 2.25. The predicted octanol–water partition coefficient (Wildman–Crippen LogP) is 0.279. The van der Waals surface area contributed by atoms with Crippen molar-refractivity contribution >= 4 is 26.0 Å². The minimum atomic E-state index is -3.72. The van der Waals surface area contributed by atoms with E-state index in [0.29, 0.717) is 31.7 Å². The molecule has 1 amide bonds. The second-order valence-electron chi connectivity index (χ2n) is 7.61. The molecule has 1 aromatic rings. The van der Waals surface area contributed by atoms with Crippen LogP contribution in [0.4, 0.5) is 0 Å². The van der Waals surface area contributed by atoms with Gasteiger partial charge in [-0.3, -0.25) is 4.79 Å². The summed E-state index contributed by atoms with van der Waals surface area (Å²) in [6.45, 7) is 6.69. The third-order valence-electron chi connectivity index (χ3n) is 5.05. The summed E-state index contributed by atoms with van der Waals surface area (Å²) in [5.41, 5.74) is -0.0188. The summed E-state index contributed by atoms with van der Waals surface area (Å²) < 4.78 is 57.4. The van der Waals surface area contributed by atoms with Gasteiger partial charge in [-0.2, -0.15) is 4.31 Å². The van der Waals surface area contributed by atoms with Crippen LogP contribution in [0.5, 0.6) is 0 Å². The number of carbonyl (C=O) groups is 1. The van der Waals surface area contributed by atoms with Gasteiger partial charge in [0.2, 0.25) is 20.0 Å². The lowest BCUT2D eigenvalue weighted by molar-refractivity contribution is -0.0593. The lowest BCUT2D eigenvalue weighted by Crippen LogP contribution is -2.59. The van der Waals surface area contributed by atoms with Gasteiger partial charge < -0.3 is 10.1 Å². The van der Waals surface area contributed by atoms with Gasteiger partial charge in [0.15, 0.2) is 0 Å². The monoisotopic (exact) mass is 443 g/mol. The highest BCUT2D eigenvalue weighted by Gasteiger charge is 2.35. The third-order valence-corrected chi connectivity index (χ3v) is 7.94. The summed E-state index contributed by atoms with van der Waals surface area (Å²) in [5, 5.41) is 3.70. The molecule has 0 spiro atoms. The van der Waals surface area contributed by atoms with Crippen LogP contribution in [0.2, 0.25) is 0 Å². The Kier molecular flexibility index (Phi) is 6.16. The summed E-state index contributed by atoms with van der Waals surface area (Å²) in [7, 11) is -7.25. The number of nitrogens with zero attached hydrogens (tertiary/aromatic N) is 1. The van der Waals surface area contributed by atoms with E-state index in [9.17, 15) is 21.6 Å². The normalized spacial score (nSPS) is 22.0. The molecule has 2 N–H and O–H groups in total. The van der Waals surface area contributed by atoms with Crippen LogP contribution in [0, 0.1) is 5.92 Å². The molecule has 2 aliphatic rings. The second-order valence-corrected chi connectivity index (χ2v) is 11.3. The fraction of sp³-hybridized carbons (Fsp3) is 0.500. The molecule has 1 unspecified atom stereocenters. The number of hydrogen-bond acceptors (Lipinski definition) is 6. The van der Waals surface area contributed by atoms with E-state index in [1.54, 1.807) is 0 Å². The maximum Gasteiger partial charge on any atom is 0.251 e. The zero-order chi connectivity index (χ0) is 21.3. The smallest absolute Gasteiger partial charge is 0.251 e. The van der Waals surface area contributed by atoms with Crippen molar-refractivity contribution in [2.75, 3.05) is 32.8 Å². The van der Waals surface area contributed by atoms with Crippen LogP contribution < -0.4 is 10.0 Å². The van der Waals surface area contributed by atoms with E-state index in [0.717, 1.165) is 5.41 Å². The number of rotatable bonds is 8. The Labute approximate surface area is 171 Å². The minimum Gasteiger partial charge on any atom is -0.376 e. The van der Waals surface area contributed by atoms with E-state index in [2.05, 4.69) is 16.6 Å². The highest BCUT2D eigenvalue weighted by molar-refractivity contribution is 7.92. The van der Waals surface area contributed by atoms with Crippen LogP contribution in [0.3, 0.4) is 0 Å². The summed E-state index contributed by atoms with van der Waals surface area (Å²) in [6, 6.07) is 5.79. The van der Waals surface area contributed by atoms with Crippen LogP contribution in [0.15, 0.2) is 41.1 Å². The molecular weight excluding hydrogens is 418 g/mol. The van der Waals surface area contributed by atoms with Crippen LogP contribution in [0.25, 0.3) is 0 Å². The standard InChI is InChI=1S/C18H25N3O6S2/c1-3-28(23,24)19-10-14-8-9-21(11-14)29(25,26)16-6-4-15(5-7-16)17(22)20-18(2)12-27-13-18/h3-7,14,19H,1,8-13H2,2H3,(H,20,22). The van der Waals surface area contributed by atoms with Gasteiger partial charge in [-0.25, -0.2) is 21.6 Å². The molecule has 2 aliphatic heterocycles. The maximum absolute atomic E-state index is 12.9. The lowest BCUT2D eigenvalue weighted by atomic mass is 10.00. The van der Waals surface area contributed by atoms with Crippen LogP contribution >= 0.6 is 0 Å². The first-order chi connectivity index (χ1) is 13.5. The summed E-state index contributed by atoms with van der Waals surface area (Å²) >= 11 is 0. The van der Waals surface area contributed by atoms with Crippen LogP contribution in [0.1, 0.15) is 23.7 Å². The highest BCUT2D eigenvalue weighted by atomic mass is 32.2. The van der Waals surface area contributed by atoms with Gasteiger partial charge in [-0.15, -0.1) is 0 Å². The lowest BCUT2D eigenvalue weighted by Gasteiger charge is -2.38. The summed E-state index contributed by atoms with van der Waals surface area (Å²) in [5.74, 6) is -0.398. The first-order valence-corrected chi connectivity index (χ1v) is 12.2. The Morgan fingerprint density at radius 2 is 1.93 bits per heavy atom. The molecule has 0 aromatic heterocycles. The third kappa shape index (κ3) is 5.04. The predicted molar refractivity (Wildman–Crippen MR) is 107 cm³/mol. The molecule has 0 aliphatic carbocycles. The molecule has 0 radical (unpaired) electrons. The quantitative estimate of drug-likeness (QED) is 0.595. The van der Waals surface area contributed by atoms with Gasteiger partial charge in [0, 0.05) is 30.6 Å². The van der Waals surface area contributed by atoms with Gasteiger partial charge in [-0.05, 0) is 43.5 Å². The summed E-state index contributed by atoms with van der Waals surface area (Å²) in [4.78, 5) is 12.4. The number of carbonyl (C=O) groups excluding carboxylic acids is 1. The van der Waals surface area contributed by atoms with Crippen molar-refractivity contribution < 1.29 is 26.4 Å². The Morgan fingerprint density at radius 3 is 2.48 bits per heavy atom. The first kappa shape index (κ1) is 21.9. The van der Waals surface area contributed by atoms with Gasteiger partial charge in [-0.1, -0.05) is 6.58 Å². The maximum atomic E-state index is 12.9. The van der Waals surface area contributed by atoms with Crippen molar-refractivity contribution in [3.8, 4) is 0 Å². The molecule has 2 saturated heterocycles. The van der Waals surface area contributed by atoms with Crippen LogP contribution in [-0.2, 0) is 24.8 Å². The molecule has 11 heteroatoms. The Hall–Kier alpha value is -1.79. The molecule has 1 atom stereocenters. The second kappa shape index (κ2) is 8.15. The summed E-state index contributed by atoms with van der Waals surface area (Å²) in [6.07, 6.45) is 0.556. The van der Waals surface area contributed by atoms with Crippen molar-refractivity contribution in [1.29, 1.82) is 0 Å². The molecule has 160 valence electrons. The van der Waals surface area contributed by atoms with E-state index < -0.39 is 20.0 Å². The molecule has 9 nitrogen and oxygen atoms in total. The van der Waals surface area contributed by atoms with Gasteiger partial charge in [0.05, 0.1) is 23.6 Å². The molecule has 1 aromatic carbocycles. The number of sulfonamides is 2. The number of nitrogens with one attached hydrogen (secondary N) is 2. The fourth-order valence-corrected chi connectivity index (χ4v) is 5.35. The molecule has 2 fully saturated rings. The number of amides is 1. The Bertz CT molecular complexity index is 985. The SMILES string of the molecule is C=CS(=O)(=O)NCC1CCN(S(=O)(=O)c2ccc(C(=O)NC3(C)COC3)cc2)C1. The van der Waals surface area contributed by atoms with E-state index in [1.165, 1.54) is 28.6 Å². The zero-order valence-electron chi connectivity index (χ0n) is 16.1. The minimum absolute atomic E-state index is 0.0968. The largest absolute Gasteiger partial charge is 0.376 e. The van der Waals surface area contributed by atoms with Gasteiger partial charge in [0.1, 0.15) is 0 Å². The van der Waals surface area contributed by atoms with E-state index in [4.69, 9.17) is 4.74 Å². The number of ether oxygens (including phenoxy) is 1. The van der Waals surface area contributed by atoms with E-state index in [1.807, 2.05) is 6.92 Å². The number of benzene rings is 1. The Morgan fingerprint density at radius 1 is 1.28 bits per heavy atom. The molecule has 0 saturated carbocycles. The topological polar surface area (TPSA) is 122 Å².